The smallest absolute Gasteiger partial charge is 0.266 e. The monoisotopic (exact) mass is 431 g/mol. The Morgan fingerprint density at radius 3 is 2.88 bits per heavy atom. The summed E-state index contributed by atoms with van der Waals surface area (Å²) in [6, 6.07) is 2.20. The molecule has 1 aromatic heterocycles. The number of nitrogens with zero attached hydrogens (tertiary/aromatic N) is 1. The lowest BCUT2D eigenvalue weighted by Gasteiger charge is -2.13. The molecule has 0 bridgehead atoms. The Bertz CT molecular complexity index is 944. The van der Waals surface area contributed by atoms with E-state index in [9.17, 15) is 12.8 Å². The number of sulfonamides is 1. The minimum absolute atomic E-state index is 0.134. The lowest BCUT2D eigenvalue weighted by Crippen LogP contribution is -2.15. The van der Waals surface area contributed by atoms with Crippen molar-refractivity contribution in [3.63, 3.8) is 0 Å². The van der Waals surface area contributed by atoms with E-state index < -0.39 is 20.7 Å². The molecule has 0 spiro atoms. The summed E-state index contributed by atoms with van der Waals surface area (Å²) >= 11 is 8.97. The average molecular weight is 432 g/mol. The van der Waals surface area contributed by atoms with E-state index in [1.165, 1.54) is 11.8 Å². The third-order valence-corrected chi connectivity index (χ3v) is 6.69. The molecule has 1 aromatic carbocycles. The molecule has 2 aromatic rings. The van der Waals surface area contributed by atoms with Crippen LogP contribution in [-0.4, -0.2) is 25.7 Å². The summed E-state index contributed by atoms with van der Waals surface area (Å²) in [4.78, 5) is 3.31. The molecule has 0 saturated carbocycles. The van der Waals surface area contributed by atoms with Crippen molar-refractivity contribution in [1.29, 1.82) is 0 Å². The fourth-order valence-electron chi connectivity index (χ4n) is 2.25. The molecule has 10 heteroatoms. The van der Waals surface area contributed by atoms with Crippen LogP contribution in [0.25, 0.3) is 0 Å². The summed E-state index contributed by atoms with van der Waals surface area (Å²) < 4.78 is 41.3. The van der Waals surface area contributed by atoms with Crippen LogP contribution in [0.2, 0.25) is 5.02 Å². The van der Waals surface area contributed by atoms with Gasteiger partial charge in [-0.3, -0.25) is 4.72 Å². The van der Waals surface area contributed by atoms with Crippen LogP contribution in [0.15, 0.2) is 51.7 Å². The zero-order valence-corrected chi connectivity index (χ0v) is 16.6. The Kier molecular flexibility index (Phi) is 6.23. The second kappa shape index (κ2) is 8.43. The van der Waals surface area contributed by atoms with Crippen LogP contribution in [0.5, 0.6) is 0 Å². The zero-order chi connectivity index (χ0) is 18.6. The molecule has 2 heterocycles. The first kappa shape index (κ1) is 19.2. The summed E-state index contributed by atoms with van der Waals surface area (Å²) in [5.41, 5.74) is 1.55. The summed E-state index contributed by atoms with van der Waals surface area (Å²) in [7, 11) is -4.10. The molecule has 2 N–H and O–H groups in total. The highest BCUT2D eigenvalue weighted by Crippen LogP contribution is 2.29. The number of halogens is 2. The molecular formula is C16H15ClFN3O2S3. The maximum Gasteiger partial charge on any atom is 0.266 e. The number of allylic oxidation sites excluding steroid dienone is 1. The van der Waals surface area contributed by atoms with Crippen molar-refractivity contribution in [2.24, 2.45) is 0 Å². The van der Waals surface area contributed by atoms with E-state index >= 15 is 0 Å². The Balaban J connectivity index is 1.71. The van der Waals surface area contributed by atoms with Crippen LogP contribution in [0.3, 0.4) is 0 Å². The molecule has 138 valence electrons. The second-order valence-corrected chi connectivity index (χ2v) is 9.19. The van der Waals surface area contributed by atoms with Crippen LogP contribution >= 0.6 is 34.7 Å². The average Bonchev–Trinajstić information content (AvgIpc) is 3.10. The molecule has 0 saturated heterocycles. The number of hydrogen-bond acceptors (Lipinski definition) is 6. The minimum atomic E-state index is -4.10. The van der Waals surface area contributed by atoms with Crippen molar-refractivity contribution in [2.45, 2.75) is 11.3 Å². The molecule has 3 rings (SSSR count). The van der Waals surface area contributed by atoms with E-state index in [0.717, 1.165) is 35.6 Å². The fraction of sp³-hybridized carbons (Fsp3) is 0.188. The predicted molar refractivity (Wildman–Crippen MR) is 107 cm³/mol. The van der Waals surface area contributed by atoms with Crippen molar-refractivity contribution < 1.29 is 12.8 Å². The van der Waals surface area contributed by atoms with E-state index in [1.807, 2.05) is 11.5 Å². The van der Waals surface area contributed by atoms with E-state index in [0.29, 0.717) is 12.2 Å². The van der Waals surface area contributed by atoms with Crippen LogP contribution in [0, 0.1) is 5.82 Å². The van der Waals surface area contributed by atoms with Gasteiger partial charge in [0.1, 0.15) is 10.7 Å². The van der Waals surface area contributed by atoms with E-state index in [-0.39, 0.29) is 10.2 Å². The first-order valence-corrected chi connectivity index (χ1v) is 11.4. The van der Waals surface area contributed by atoms with Gasteiger partial charge in [-0.15, -0.1) is 23.1 Å². The van der Waals surface area contributed by atoms with Gasteiger partial charge in [0.2, 0.25) is 0 Å². The number of aromatic nitrogens is 1. The number of hydrogen-bond donors (Lipinski definition) is 2. The molecule has 26 heavy (non-hydrogen) atoms. The third kappa shape index (κ3) is 4.79. The number of benzene rings is 1. The van der Waals surface area contributed by atoms with Gasteiger partial charge in [0.15, 0.2) is 5.13 Å². The molecule has 5 nitrogen and oxygen atoms in total. The molecule has 0 amide bonds. The van der Waals surface area contributed by atoms with Crippen LogP contribution in [-0.2, 0) is 10.0 Å². The Hall–Kier alpha value is -1.55. The molecular weight excluding hydrogens is 417 g/mol. The Morgan fingerprint density at radius 1 is 1.35 bits per heavy atom. The quantitative estimate of drug-likeness (QED) is 0.663. The van der Waals surface area contributed by atoms with Crippen LogP contribution in [0.4, 0.5) is 15.2 Å². The number of nitrogens with one attached hydrogen (secondary N) is 2. The summed E-state index contributed by atoms with van der Waals surface area (Å²) in [6.45, 7) is 0.559. The second-order valence-electron chi connectivity index (χ2n) is 5.30. The number of anilines is 2. The van der Waals surface area contributed by atoms with Gasteiger partial charge in [-0.25, -0.2) is 17.8 Å². The molecule has 0 atom stereocenters. The van der Waals surface area contributed by atoms with E-state index in [1.54, 1.807) is 17.1 Å². The minimum Gasteiger partial charge on any atom is -0.383 e. The molecule has 0 unspecified atom stereocenters. The predicted octanol–water partition coefficient (Wildman–Crippen LogP) is 4.73. The zero-order valence-electron chi connectivity index (χ0n) is 13.4. The molecule has 1 aliphatic rings. The fourth-order valence-corrected chi connectivity index (χ4v) is 5.12. The Morgan fingerprint density at radius 2 is 2.19 bits per heavy atom. The van der Waals surface area contributed by atoms with Gasteiger partial charge in [0.05, 0.1) is 10.7 Å². The number of thiazole rings is 1. The normalized spacial score (nSPS) is 14.2. The van der Waals surface area contributed by atoms with Crippen LogP contribution in [0.1, 0.15) is 6.42 Å². The van der Waals surface area contributed by atoms with E-state index in [2.05, 4.69) is 21.1 Å². The highest BCUT2D eigenvalue weighted by molar-refractivity contribution is 8.02. The van der Waals surface area contributed by atoms with Gasteiger partial charge in [0, 0.05) is 23.9 Å². The van der Waals surface area contributed by atoms with Crippen molar-refractivity contribution in [3.05, 3.63) is 57.7 Å². The Labute approximate surface area is 164 Å². The largest absolute Gasteiger partial charge is 0.383 e. The SMILES string of the molecule is O=S(=O)(Nc1nccs1)c1cc(Cl)c(NCCC2=CCSC=C2)cc1F. The van der Waals surface area contributed by atoms with Crippen molar-refractivity contribution in [2.75, 3.05) is 22.3 Å². The first-order valence-electron chi connectivity index (χ1n) is 7.58. The maximum atomic E-state index is 14.4. The summed E-state index contributed by atoms with van der Waals surface area (Å²) in [5.74, 6) is 0.0639. The maximum absolute atomic E-state index is 14.4. The molecule has 0 fully saturated rings. The van der Waals surface area contributed by atoms with Gasteiger partial charge in [-0.2, -0.15) is 0 Å². The molecule has 1 aliphatic heterocycles. The van der Waals surface area contributed by atoms with E-state index in [4.69, 9.17) is 11.6 Å². The highest BCUT2D eigenvalue weighted by atomic mass is 35.5. The topological polar surface area (TPSA) is 71.1 Å². The summed E-state index contributed by atoms with van der Waals surface area (Å²) in [5, 5.41) is 7.00. The van der Waals surface area contributed by atoms with Gasteiger partial charge >= 0.3 is 0 Å². The van der Waals surface area contributed by atoms with Gasteiger partial charge in [-0.05, 0) is 29.5 Å². The van der Waals surface area contributed by atoms with Crippen LogP contribution < -0.4 is 10.0 Å². The first-order chi connectivity index (χ1) is 12.5. The summed E-state index contributed by atoms with van der Waals surface area (Å²) in [6.07, 6.45) is 6.39. The number of rotatable bonds is 7. The van der Waals surface area contributed by atoms with Gasteiger partial charge in [-0.1, -0.05) is 23.8 Å². The van der Waals surface area contributed by atoms with Gasteiger partial charge < -0.3 is 5.32 Å². The van der Waals surface area contributed by atoms with Crippen molar-refractivity contribution in [3.8, 4) is 0 Å². The standard InChI is InChI=1S/C16H15ClFN3O2S3/c17-12-9-15(26(22,23)21-16-20-5-8-25-16)13(18)10-14(12)19-4-1-11-2-6-24-7-3-11/h2-3,5-6,8-10,19H,1,4,7H2,(H,20,21). The van der Waals surface area contributed by atoms with Crippen molar-refractivity contribution in [1.82, 2.24) is 4.98 Å². The third-order valence-electron chi connectivity index (χ3n) is 3.51. The molecule has 0 radical (unpaired) electrons. The lowest BCUT2D eigenvalue weighted by atomic mass is 10.1. The van der Waals surface area contributed by atoms with Crippen molar-refractivity contribution >= 4 is 55.5 Å². The lowest BCUT2D eigenvalue weighted by molar-refractivity contribution is 0.570. The van der Waals surface area contributed by atoms with Gasteiger partial charge in [0.25, 0.3) is 10.0 Å². The number of thioether (sulfide) groups is 1. The molecule has 0 aliphatic carbocycles. The highest BCUT2D eigenvalue weighted by Gasteiger charge is 2.22.